The van der Waals surface area contributed by atoms with Crippen molar-refractivity contribution in [1.82, 2.24) is 25.4 Å². The highest BCUT2D eigenvalue weighted by atomic mass is 32.1. The summed E-state index contributed by atoms with van der Waals surface area (Å²) in [5, 5.41) is 17.8. The summed E-state index contributed by atoms with van der Waals surface area (Å²) >= 11 is 1.40. The van der Waals surface area contributed by atoms with Gasteiger partial charge < -0.3 is 14.4 Å². The lowest BCUT2D eigenvalue weighted by Crippen LogP contribution is -2.22. The van der Waals surface area contributed by atoms with Gasteiger partial charge in [-0.25, -0.2) is 4.98 Å². The fraction of sp³-hybridized carbons (Fsp3) is 0.429. The molecule has 2 aromatic heterocycles. The first kappa shape index (κ1) is 23.1. The molecule has 0 spiro atoms. The average Bonchev–Trinajstić information content (AvgIpc) is 3.44. The first-order valence-electron chi connectivity index (χ1n) is 10.3. The van der Waals surface area contributed by atoms with Gasteiger partial charge in [0.2, 0.25) is 5.95 Å². The van der Waals surface area contributed by atoms with E-state index in [9.17, 15) is 13.6 Å². The van der Waals surface area contributed by atoms with Crippen LogP contribution in [-0.2, 0) is 22.4 Å². The molecule has 0 N–H and O–H groups in total. The molecule has 12 heteroatoms. The molecule has 1 aliphatic heterocycles. The van der Waals surface area contributed by atoms with Crippen LogP contribution in [0.25, 0.3) is 0 Å². The summed E-state index contributed by atoms with van der Waals surface area (Å²) in [6, 6.07) is 5.95. The van der Waals surface area contributed by atoms with E-state index in [0.717, 1.165) is 30.9 Å². The third-order valence-corrected chi connectivity index (χ3v) is 6.20. The van der Waals surface area contributed by atoms with Crippen molar-refractivity contribution >= 4 is 23.1 Å². The molecule has 174 valence electrons. The smallest absolute Gasteiger partial charge is 0.387 e. The zero-order chi connectivity index (χ0) is 23.2. The molecule has 1 aromatic carbocycles. The Morgan fingerprint density at radius 3 is 2.85 bits per heavy atom. The van der Waals surface area contributed by atoms with Crippen LogP contribution in [0.2, 0.25) is 0 Å². The van der Waals surface area contributed by atoms with Gasteiger partial charge in [0.05, 0.1) is 18.8 Å². The minimum absolute atomic E-state index is 0.0298. The summed E-state index contributed by atoms with van der Waals surface area (Å²) in [6.07, 6.45) is 4.03. The van der Waals surface area contributed by atoms with E-state index >= 15 is 0 Å². The summed E-state index contributed by atoms with van der Waals surface area (Å²) in [4.78, 5) is 19.2. The Balaban J connectivity index is 1.34. The summed E-state index contributed by atoms with van der Waals surface area (Å²) < 4.78 is 34.7. The summed E-state index contributed by atoms with van der Waals surface area (Å²) in [5.74, 6) is 0.736. The van der Waals surface area contributed by atoms with Gasteiger partial charge in [-0.05, 0) is 30.0 Å². The molecule has 0 radical (unpaired) electrons. The highest BCUT2D eigenvalue weighted by molar-refractivity contribution is 7.11. The van der Waals surface area contributed by atoms with E-state index in [2.05, 4.69) is 35.0 Å². The number of rotatable bonds is 10. The minimum Gasteiger partial charge on any atom is -0.435 e. The van der Waals surface area contributed by atoms with E-state index in [1.165, 1.54) is 36.6 Å². The molecule has 0 amide bonds. The van der Waals surface area contributed by atoms with E-state index in [1.54, 1.807) is 18.5 Å². The third-order valence-electron chi connectivity index (χ3n) is 5.25. The quantitative estimate of drug-likeness (QED) is 0.437. The number of aromatic nitrogens is 5. The summed E-state index contributed by atoms with van der Waals surface area (Å²) in [6.45, 7) is -1.28. The number of anilines is 1. The molecule has 1 fully saturated rings. The number of hydrogen-bond acceptors (Lipinski definition) is 10. The van der Waals surface area contributed by atoms with E-state index in [4.69, 9.17) is 4.74 Å². The largest absolute Gasteiger partial charge is 0.435 e. The SMILES string of the molecule is CO[C@@H](C(=O)Cc1nnc(C[C@@H]2CCN(c3nccnn3)C2)s1)c1cccc(OC(F)F)c1. The van der Waals surface area contributed by atoms with Crippen LogP contribution >= 0.6 is 11.3 Å². The van der Waals surface area contributed by atoms with Crippen molar-refractivity contribution in [3.8, 4) is 5.75 Å². The van der Waals surface area contributed by atoms with Crippen LogP contribution in [0.4, 0.5) is 14.7 Å². The second-order valence-corrected chi connectivity index (χ2v) is 8.69. The number of Topliss-reactive ketones (excluding diaryl/α,β-unsaturated/α-hetero) is 1. The Bertz CT molecular complexity index is 1070. The number of hydrogen-bond donors (Lipinski definition) is 0. The molecule has 3 heterocycles. The fourth-order valence-electron chi connectivity index (χ4n) is 3.80. The highest BCUT2D eigenvalue weighted by Gasteiger charge is 2.27. The van der Waals surface area contributed by atoms with Gasteiger partial charge in [0, 0.05) is 26.6 Å². The van der Waals surface area contributed by atoms with Gasteiger partial charge in [-0.1, -0.05) is 12.1 Å². The molecule has 0 saturated carbocycles. The lowest BCUT2D eigenvalue weighted by atomic mass is 10.0. The van der Waals surface area contributed by atoms with E-state index in [-0.39, 0.29) is 18.0 Å². The van der Waals surface area contributed by atoms with Gasteiger partial charge >= 0.3 is 6.61 Å². The van der Waals surface area contributed by atoms with Gasteiger partial charge in [-0.3, -0.25) is 4.79 Å². The standard InChI is InChI=1S/C21H22F2N6O3S/c1-31-19(14-3-2-4-15(10-14)32-20(22)23)16(30)11-18-27-26-17(33-18)9-13-5-8-29(12-13)21-24-6-7-25-28-21/h2-4,6-7,10,13,19-20H,5,8-9,11-12H2,1H3/t13-,19+/m0/s1. The van der Waals surface area contributed by atoms with Crippen molar-refractivity contribution in [3.05, 3.63) is 52.2 Å². The fourth-order valence-corrected chi connectivity index (χ4v) is 4.77. The molecular formula is C21H22F2N6O3S. The third kappa shape index (κ3) is 6.02. The van der Waals surface area contributed by atoms with Crippen molar-refractivity contribution in [2.75, 3.05) is 25.1 Å². The van der Waals surface area contributed by atoms with Crippen LogP contribution < -0.4 is 9.64 Å². The Morgan fingerprint density at radius 1 is 1.24 bits per heavy atom. The van der Waals surface area contributed by atoms with Gasteiger partial charge in [0.25, 0.3) is 0 Å². The van der Waals surface area contributed by atoms with Crippen LogP contribution in [0, 0.1) is 5.92 Å². The number of halogens is 2. The minimum atomic E-state index is -2.94. The maximum absolute atomic E-state index is 12.8. The predicted molar refractivity (Wildman–Crippen MR) is 115 cm³/mol. The van der Waals surface area contributed by atoms with Crippen molar-refractivity contribution < 1.29 is 23.0 Å². The first-order chi connectivity index (χ1) is 16.0. The van der Waals surface area contributed by atoms with Crippen LogP contribution in [-0.4, -0.2) is 58.0 Å². The normalized spacial score (nSPS) is 16.8. The molecule has 0 aliphatic carbocycles. The topological polar surface area (TPSA) is 103 Å². The van der Waals surface area contributed by atoms with E-state index in [0.29, 0.717) is 22.4 Å². The zero-order valence-electron chi connectivity index (χ0n) is 17.8. The Hall–Kier alpha value is -3.12. The molecular weight excluding hydrogens is 454 g/mol. The molecule has 33 heavy (non-hydrogen) atoms. The molecule has 1 aliphatic rings. The molecule has 0 unspecified atom stereocenters. The molecule has 9 nitrogen and oxygen atoms in total. The maximum atomic E-state index is 12.8. The summed E-state index contributed by atoms with van der Waals surface area (Å²) in [7, 11) is 1.40. The van der Waals surface area contributed by atoms with Gasteiger partial charge in [-0.15, -0.1) is 26.6 Å². The van der Waals surface area contributed by atoms with Gasteiger partial charge in [0.1, 0.15) is 21.9 Å². The van der Waals surface area contributed by atoms with Crippen LogP contribution in [0.3, 0.4) is 0 Å². The van der Waals surface area contributed by atoms with E-state index < -0.39 is 12.7 Å². The number of nitrogens with zero attached hydrogens (tertiary/aromatic N) is 6. The number of methoxy groups -OCH3 is 1. The Kier molecular flexibility index (Phi) is 7.45. The Morgan fingerprint density at radius 2 is 2.09 bits per heavy atom. The lowest BCUT2D eigenvalue weighted by molar-refractivity contribution is -0.128. The highest BCUT2D eigenvalue weighted by Crippen LogP contribution is 2.27. The molecule has 1 saturated heterocycles. The number of carbonyl (C=O) groups is 1. The molecule has 4 rings (SSSR count). The predicted octanol–water partition coefficient (Wildman–Crippen LogP) is 2.89. The van der Waals surface area contributed by atoms with Gasteiger partial charge in [0.15, 0.2) is 5.78 Å². The van der Waals surface area contributed by atoms with Crippen molar-refractivity contribution in [3.63, 3.8) is 0 Å². The second-order valence-electron chi connectivity index (χ2n) is 7.55. The second kappa shape index (κ2) is 10.7. The van der Waals surface area contributed by atoms with Crippen molar-refractivity contribution in [2.24, 2.45) is 5.92 Å². The van der Waals surface area contributed by atoms with Crippen LogP contribution in [0.15, 0.2) is 36.7 Å². The van der Waals surface area contributed by atoms with Gasteiger partial charge in [-0.2, -0.15) is 13.9 Å². The van der Waals surface area contributed by atoms with Crippen molar-refractivity contribution in [1.29, 1.82) is 0 Å². The lowest BCUT2D eigenvalue weighted by Gasteiger charge is -2.15. The first-order valence-corrected chi connectivity index (χ1v) is 11.1. The maximum Gasteiger partial charge on any atom is 0.387 e. The number of ketones is 1. The molecule has 2 atom stereocenters. The van der Waals surface area contributed by atoms with E-state index in [1.807, 2.05) is 0 Å². The number of carbonyl (C=O) groups excluding carboxylic acids is 1. The summed E-state index contributed by atoms with van der Waals surface area (Å²) in [5.41, 5.74) is 0.439. The molecule has 3 aromatic rings. The Labute approximate surface area is 192 Å². The number of alkyl halides is 2. The van der Waals surface area contributed by atoms with Crippen LogP contribution in [0.1, 0.15) is 28.1 Å². The van der Waals surface area contributed by atoms with Crippen molar-refractivity contribution in [2.45, 2.75) is 32.0 Å². The average molecular weight is 477 g/mol. The monoisotopic (exact) mass is 476 g/mol. The number of benzene rings is 1. The number of ether oxygens (including phenoxy) is 2. The molecule has 0 bridgehead atoms. The van der Waals surface area contributed by atoms with Crippen LogP contribution in [0.5, 0.6) is 5.75 Å². The zero-order valence-corrected chi connectivity index (χ0v) is 18.6.